The van der Waals surface area contributed by atoms with E-state index in [1.54, 1.807) is 31.2 Å². The van der Waals surface area contributed by atoms with E-state index in [-0.39, 0.29) is 19.6 Å². The van der Waals surface area contributed by atoms with Crippen molar-refractivity contribution in [3.63, 3.8) is 0 Å². The smallest absolute Gasteiger partial charge is 0.310 e. The third-order valence-corrected chi connectivity index (χ3v) is 3.85. The lowest BCUT2D eigenvalue weighted by Crippen LogP contribution is -2.36. The van der Waals surface area contributed by atoms with Crippen molar-refractivity contribution in [2.75, 3.05) is 6.61 Å². The molecule has 0 aliphatic rings. The van der Waals surface area contributed by atoms with Crippen LogP contribution in [0.15, 0.2) is 33.9 Å². The number of hydrogen-bond donors (Lipinski definition) is 1. The molecule has 0 bridgehead atoms. The summed E-state index contributed by atoms with van der Waals surface area (Å²) in [5, 5.41) is 10.2. The summed E-state index contributed by atoms with van der Waals surface area (Å²) >= 11 is 0.934. The standard InChI is InChI=1S/C14H15NO5S/c1-2-20-12(17)7-9(16)8-15-13(18)10-5-3-4-6-11(10)21-14(15)19/h3-6,9,16H,2,7-8H2,1H3. The van der Waals surface area contributed by atoms with Gasteiger partial charge >= 0.3 is 10.8 Å². The highest BCUT2D eigenvalue weighted by Gasteiger charge is 2.16. The minimum Gasteiger partial charge on any atom is -0.466 e. The molecule has 112 valence electrons. The fraction of sp³-hybridized carbons (Fsp3) is 0.357. The third kappa shape index (κ3) is 3.56. The van der Waals surface area contributed by atoms with Crippen LogP contribution >= 0.6 is 11.3 Å². The fourth-order valence-electron chi connectivity index (χ4n) is 1.95. The van der Waals surface area contributed by atoms with Crippen molar-refractivity contribution in [3.8, 4) is 0 Å². The van der Waals surface area contributed by atoms with Crippen LogP contribution in [0.2, 0.25) is 0 Å². The molecule has 1 heterocycles. The van der Waals surface area contributed by atoms with Gasteiger partial charge < -0.3 is 9.84 Å². The summed E-state index contributed by atoms with van der Waals surface area (Å²) in [6, 6.07) is 6.78. The zero-order chi connectivity index (χ0) is 15.4. The average Bonchev–Trinajstić information content (AvgIpc) is 2.43. The molecule has 0 aliphatic heterocycles. The van der Waals surface area contributed by atoms with E-state index < -0.39 is 22.5 Å². The first kappa shape index (κ1) is 15.4. The number of hydrogen-bond acceptors (Lipinski definition) is 6. The molecule has 7 heteroatoms. The quantitative estimate of drug-likeness (QED) is 0.823. The highest BCUT2D eigenvalue weighted by Crippen LogP contribution is 2.11. The maximum absolute atomic E-state index is 12.2. The second kappa shape index (κ2) is 6.64. The average molecular weight is 309 g/mol. The van der Waals surface area contributed by atoms with Crippen LogP contribution < -0.4 is 10.4 Å². The monoisotopic (exact) mass is 309 g/mol. The van der Waals surface area contributed by atoms with Crippen molar-refractivity contribution in [2.45, 2.75) is 26.0 Å². The Bertz CT molecular complexity index is 764. The van der Waals surface area contributed by atoms with Crippen LogP contribution in [0.25, 0.3) is 10.1 Å². The summed E-state index contributed by atoms with van der Waals surface area (Å²) in [7, 11) is 0. The number of carbonyl (C=O) groups is 1. The normalized spacial score (nSPS) is 12.3. The molecular formula is C14H15NO5S. The molecule has 0 aliphatic carbocycles. The van der Waals surface area contributed by atoms with Crippen LogP contribution in [0.1, 0.15) is 13.3 Å². The molecule has 1 N–H and O–H groups in total. The van der Waals surface area contributed by atoms with Gasteiger partial charge in [-0.3, -0.25) is 19.0 Å². The number of esters is 1. The lowest BCUT2D eigenvalue weighted by molar-refractivity contribution is -0.145. The van der Waals surface area contributed by atoms with Gasteiger partial charge in [0.15, 0.2) is 0 Å². The van der Waals surface area contributed by atoms with Gasteiger partial charge in [0, 0.05) is 4.70 Å². The van der Waals surface area contributed by atoms with Gasteiger partial charge in [-0.1, -0.05) is 23.5 Å². The first-order chi connectivity index (χ1) is 10.0. The van der Waals surface area contributed by atoms with Gasteiger partial charge in [0.05, 0.1) is 31.1 Å². The van der Waals surface area contributed by atoms with E-state index >= 15 is 0 Å². The molecule has 1 aromatic carbocycles. The van der Waals surface area contributed by atoms with Crippen molar-refractivity contribution in [3.05, 3.63) is 44.3 Å². The summed E-state index contributed by atoms with van der Waals surface area (Å²) in [4.78, 5) is 35.0. The van der Waals surface area contributed by atoms with E-state index in [4.69, 9.17) is 4.74 Å². The van der Waals surface area contributed by atoms with Gasteiger partial charge in [0.1, 0.15) is 0 Å². The summed E-state index contributed by atoms with van der Waals surface area (Å²) in [6.45, 7) is 1.66. The molecule has 2 rings (SSSR count). The van der Waals surface area contributed by atoms with Crippen molar-refractivity contribution in [1.82, 2.24) is 4.57 Å². The first-order valence-corrected chi connectivity index (χ1v) is 7.31. The van der Waals surface area contributed by atoms with Crippen LogP contribution in [0, 0.1) is 0 Å². The van der Waals surface area contributed by atoms with Crippen LogP contribution in [0.5, 0.6) is 0 Å². The van der Waals surface area contributed by atoms with Crippen molar-refractivity contribution in [2.24, 2.45) is 0 Å². The minimum atomic E-state index is -1.14. The molecule has 1 unspecified atom stereocenters. The van der Waals surface area contributed by atoms with E-state index in [1.165, 1.54) is 0 Å². The van der Waals surface area contributed by atoms with E-state index in [9.17, 15) is 19.5 Å². The van der Waals surface area contributed by atoms with Crippen LogP contribution in [0.4, 0.5) is 0 Å². The number of ether oxygens (including phenoxy) is 1. The number of aliphatic hydroxyl groups excluding tert-OH is 1. The number of nitrogens with zero attached hydrogens (tertiary/aromatic N) is 1. The number of aromatic nitrogens is 1. The number of benzene rings is 1. The molecule has 0 spiro atoms. The first-order valence-electron chi connectivity index (χ1n) is 6.49. The van der Waals surface area contributed by atoms with Crippen LogP contribution in [0.3, 0.4) is 0 Å². The Morgan fingerprint density at radius 1 is 1.38 bits per heavy atom. The summed E-state index contributed by atoms with van der Waals surface area (Å²) in [5.74, 6) is -0.560. The highest BCUT2D eigenvalue weighted by molar-refractivity contribution is 7.16. The number of carbonyl (C=O) groups excluding carboxylic acids is 1. The minimum absolute atomic E-state index is 0.219. The molecule has 1 atom stereocenters. The molecule has 21 heavy (non-hydrogen) atoms. The van der Waals surface area contributed by atoms with Gasteiger partial charge in [0.25, 0.3) is 5.56 Å². The number of rotatable bonds is 5. The Balaban J connectivity index is 2.28. The second-order valence-electron chi connectivity index (χ2n) is 4.44. The zero-order valence-corrected chi connectivity index (χ0v) is 12.3. The largest absolute Gasteiger partial charge is 0.466 e. The molecular weight excluding hydrogens is 294 g/mol. The zero-order valence-electron chi connectivity index (χ0n) is 11.4. The van der Waals surface area contributed by atoms with E-state index in [1.807, 2.05) is 0 Å². The second-order valence-corrected chi connectivity index (χ2v) is 5.44. The van der Waals surface area contributed by atoms with Crippen LogP contribution in [-0.4, -0.2) is 28.4 Å². The highest BCUT2D eigenvalue weighted by atomic mass is 32.1. The van der Waals surface area contributed by atoms with Crippen molar-refractivity contribution in [1.29, 1.82) is 0 Å². The molecule has 0 radical (unpaired) electrons. The Morgan fingerprint density at radius 3 is 2.81 bits per heavy atom. The summed E-state index contributed by atoms with van der Waals surface area (Å²) in [6.07, 6.45) is -1.39. The van der Waals surface area contributed by atoms with Gasteiger partial charge in [-0.05, 0) is 19.1 Å². The SMILES string of the molecule is CCOC(=O)CC(O)Cn1c(=O)sc2ccccc2c1=O. The Hall–Kier alpha value is -1.99. The lowest BCUT2D eigenvalue weighted by Gasteiger charge is -2.11. The molecule has 0 fully saturated rings. The Labute approximate surface area is 124 Å². The molecule has 6 nitrogen and oxygen atoms in total. The van der Waals surface area contributed by atoms with Gasteiger partial charge in [-0.25, -0.2) is 0 Å². The summed E-state index contributed by atoms with van der Waals surface area (Å²) in [5.41, 5.74) is -0.461. The molecule has 1 aromatic heterocycles. The predicted octanol–water partition coefficient (Wildman–Crippen LogP) is 0.737. The lowest BCUT2D eigenvalue weighted by atomic mass is 10.2. The Morgan fingerprint density at radius 2 is 2.10 bits per heavy atom. The number of aliphatic hydroxyl groups is 1. The topological polar surface area (TPSA) is 85.6 Å². The van der Waals surface area contributed by atoms with E-state index in [2.05, 4.69) is 0 Å². The van der Waals surface area contributed by atoms with Crippen LogP contribution in [-0.2, 0) is 16.1 Å². The van der Waals surface area contributed by atoms with E-state index in [0.29, 0.717) is 10.1 Å². The van der Waals surface area contributed by atoms with Crippen molar-refractivity contribution < 1.29 is 14.6 Å². The fourth-order valence-corrected chi connectivity index (χ4v) is 2.82. The molecule has 0 saturated heterocycles. The maximum Gasteiger partial charge on any atom is 0.310 e. The molecule has 0 amide bonds. The van der Waals surface area contributed by atoms with Gasteiger partial charge in [-0.15, -0.1) is 0 Å². The summed E-state index contributed by atoms with van der Waals surface area (Å²) < 4.78 is 6.27. The maximum atomic E-state index is 12.2. The molecule has 0 saturated carbocycles. The number of fused-ring (bicyclic) bond motifs is 1. The molecule has 2 aromatic rings. The third-order valence-electron chi connectivity index (χ3n) is 2.88. The van der Waals surface area contributed by atoms with Gasteiger partial charge in [0.2, 0.25) is 0 Å². The Kier molecular flexibility index (Phi) is 4.87. The predicted molar refractivity (Wildman–Crippen MR) is 79.6 cm³/mol. The van der Waals surface area contributed by atoms with Crippen molar-refractivity contribution >= 4 is 27.4 Å². The van der Waals surface area contributed by atoms with Gasteiger partial charge in [-0.2, -0.15) is 0 Å². The van der Waals surface area contributed by atoms with E-state index in [0.717, 1.165) is 15.9 Å².